The number of nitro groups is 1. The molecule has 1 aliphatic heterocycles. The van der Waals surface area contributed by atoms with Gasteiger partial charge in [-0.25, -0.2) is 0 Å². The minimum atomic E-state index is -0.979. The molecule has 9 heteroatoms. The van der Waals surface area contributed by atoms with Crippen molar-refractivity contribution in [2.45, 2.75) is 26.1 Å². The lowest BCUT2D eigenvalue weighted by molar-refractivity contribution is -0.384. The Morgan fingerprint density at radius 1 is 1.00 bits per heavy atom. The maximum atomic E-state index is 13.2. The fraction of sp³-hybridized carbons (Fsp3) is 0.133. The van der Waals surface area contributed by atoms with Gasteiger partial charge >= 0.3 is 0 Å². The van der Waals surface area contributed by atoms with Crippen molar-refractivity contribution in [3.8, 4) is 5.75 Å². The Morgan fingerprint density at radius 2 is 1.72 bits per heavy atom. The molecule has 0 spiro atoms. The van der Waals surface area contributed by atoms with Crippen molar-refractivity contribution in [3.63, 3.8) is 0 Å². The summed E-state index contributed by atoms with van der Waals surface area (Å²) >= 11 is 0. The van der Waals surface area contributed by atoms with Crippen LogP contribution in [-0.2, 0) is 22.7 Å². The number of ether oxygens (including phenoxy) is 1. The number of amides is 1. The van der Waals surface area contributed by atoms with Crippen LogP contribution in [0.4, 0.5) is 5.69 Å². The molecule has 2 heterocycles. The average molecular weight is 525 g/mol. The maximum absolute atomic E-state index is 13.2. The zero-order valence-corrected chi connectivity index (χ0v) is 20.9. The normalized spacial score (nSPS) is 16.4. The molecule has 1 aliphatic rings. The van der Waals surface area contributed by atoms with E-state index in [9.17, 15) is 24.8 Å². The Hall–Kier alpha value is -5.18. The largest absolute Gasteiger partial charge is 0.507 e. The van der Waals surface area contributed by atoms with Gasteiger partial charge in [0.15, 0.2) is 0 Å². The summed E-state index contributed by atoms with van der Waals surface area (Å²) in [4.78, 5) is 38.2. The van der Waals surface area contributed by atoms with Gasteiger partial charge in [0, 0.05) is 17.7 Å². The van der Waals surface area contributed by atoms with Gasteiger partial charge < -0.3 is 19.2 Å². The first-order valence-electron chi connectivity index (χ1n) is 12.2. The average Bonchev–Trinajstić information content (AvgIpc) is 3.55. The van der Waals surface area contributed by atoms with Crippen molar-refractivity contribution < 1.29 is 28.8 Å². The second-order valence-corrected chi connectivity index (χ2v) is 9.09. The van der Waals surface area contributed by atoms with Gasteiger partial charge in [-0.2, -0.15) is 0 Å². The first-order valence-corrected chi connectivity index (χ1v) is 12.2. The van der Waals surface area contributed by atoms with Gasteiger partial charge in [-0.3, -0.25) is 19.7 Å². The van der Waals surface area contributed by atoms with Crippen LogP contribution in [0.2, 0.25) is 0 Å². The lowest BCUT2D eigenvalue weighted by atomic mass is 9.95. The van der Waals surface area contributed by atoms with E-state index in [0.29, 0.717) is 29.2 Å². The number of nitro benzene ring substituents is 1. The standard InChI is InChI=1S/C30H24N2O7/c1-19-5-2-3-6-22(19)18-39-24-14-10-21(11-15-24)28(33)26-27(20-8-12-23(13-9-20)32(36)37)31(30(35)29(26)34)17-25-7-4-16-38-25/h2-16,27,33H,17-18H2,1H3. The summed E-state index contributed by atoms with van der Waals surface area (Å²) in [6.45, 7) is 2.35. The van der Waals surface area contributed by atoms with E-state index in [4.69, 9.17) is 9.15 Å². The zero-order chi connectivity index (χ0) is 27.5. The molecule has 0 saturated carbocycles. The molecule has 0 bridgehead atoms. The number of likely N-dealkylation sites (tertiary alicyclic amines) is 1. The fourth-order valence-electron chi connectivity index (χ4n) is 4.54. The van der Waals surface area contributed by atoms with E-state index in [1.54, 1.807) is 36.4 Å². The molecule has 196 valence electrons. The van der Waals surface area contributed by atoms with E-state index in [0.717, 1.165) is 11.1 Å². The summed E-state index contributed by atoms with van der Waals surface area (Å²) in [7, 11) is 0. The molecule has 1 aromatic heterocycles. The third-order valence-electron chi connectivity index (χ3n) is 6.65. The summed E-state index contributed by atoms with van der Waals surface area (Å²) < 4.78 is 11.3. The second-order valence-electron chi connectivity index (χ2n) is 9.09. The Morgan fingerprint density at radius 3 is 2.36 bits per heavy atom. The van der Waals surface area contributed by atoms with Crippen LogP contribution < -0.4 is 4.74 Å². The summed E-state index contributed by atoms with van der Waals surface area (Å²) in [6, 6.07) is 22.3. The number of rotatable bonds is 8. The van der Waals surface area contributed by atoms with Crippen LogP contribution in [0.25, 0.3) is 5.76 Å². The van der Waals surface area contributed by atoms with Gasteiger partial charge in [0.05, 0.1) is 29.3 Å². The molecule has 0 aliphatic carbocycles. The molecule has 1 N–H and O–H groups in total. The third kappa shape index (κ3) is 5.15. The van der Waals surface area contributed by atoms with Crippen molar-refractivity contribution in [2.75, 3.05) is 0 Å². The van der Waals surface area contributed by atoms with Crippen LogP contribution in [0.1, 0.15) is 34.1 Å². The molecular formula is C30H24N2O7. The maximum Gasteiger partial charge on any atom is 0.296 e. The van der Waals surface area contributed by atoms with Crippen LogP contribution in [0.15, 0.2) is 101 Å². The van der Waals surface area contributed by atoms with E-state index in [1.165, 1.54) is 35.4 Å². The predicted molar refractivity (Wildman–Crippen MR) is 142 cm³/mol. The van der Waals surface area contributed by atoms with Gasteiger partial charge in [0.1, 0.15) is 23.9 Å². The highest BCUT2D eigenvalue weighted by Gasteiger charge is 2.46. The predicted octanol–water partition coefficient (Wildman–Crippen LogP) is 5.70. The summed E-state index contributed by atoms with van der Waals surface area (Å²) in [5.41, 5.74) is 2.66. The monoisotopic (exact) mass is 524 g/mol. The Bertz CT molecular complexity index is 1560. The van der Waals surface area contributed by atoms with Crippen molar-refractivity contribution in [1.82, 2.24) is 4.90 Å². The molecule has 4 aromatic rings. The van der Waals surface area contributed by atoms with Gasteiger partial charge in [-0.15, -0.1) is 0 Å². The van der Waals surface area contributed by atoms with Crippen LogP contribution in [-0.4, -0.2) is 26.6 Å². The summed E-state index contributed by atoms with van der Waals surface area (Å²) in [6.07, 6.45) is 1.45. The van der Waals surface area contributed by atoms with Gasteiger partial charge in [-0.05, 0) is 72.1 Å². The Kier molecular flexibility index (Phi) is 6.96. The molecule has 1 unspecified atom stereocenters. The highest BCUT2D eigenvalue weighted by molar-refractivity contribution is 6.46. The first kappa shape index (κ1) is 25.5. The van der Waals surface area contributed by atoms with Crippen LogP contribution in [0, 0.1) is 17.0 Å². The molecule has 0 radical (unpaired) electrons. The number of hydrogen-bond donors (Lipinski definition) is 1. The second kappa shape index (κ2) is 10.7. The van der Waals surface area contributed by atoms with E-state index in [1.807, 2.05) is 31.2 Å². The zero-order valence-electron chi connectivity index (χ0n) is 20.9. The van der Waals surface area contributed by atoms with E-state index in [2.05, 4.69) is 0 Å². The molecule has 3 aromatic carbocycles. The van der Waals surface area contributed by atoms with Gasteiger partial charge in [0.25, 0.3) is 17.4 Å². The number of hydrogen-bond acceptors (Lipinski definition) is 7. The van der Waals surface area contributed by atoms with Crippen molar-refractivity contribution in [3.05, 3.63) is 135 Å². The number of aliphatic hydroxyl groups is 1. The van der Waals surface area contributed by atoms with E-state index in [-0.39, 0.29) is 23.6 Å². The lowest BCUT2D eigenvalue weighted by Crippen LogP contribution is -2.29. The molecule has 1 atom stereocenters. The van der Waals surface area contributed by atoms with Crippen LogP contribution >= 0.6 is 0 Å². The number of furan rings is 1. The van der Waals surface area contributed by atoms with Crippen molar-refractivity contribution >= 4 is 23.1 Å². The van der Waals surface area contributed by atoms with Crippen LogP contribution in [0.3, 0.4) is 0 Å². The third-order valence-corrected chi connectivity index (χ3v) is 6.65. The number of carbonyl (C=O) groups excluding carboxylic acids is 2. The molecule has 5 rings (SSSR count). The fourth-order valence-corrected chi connectivity index (χ4v) is 4.54. The van der Waals surface area contributed by atoms with Crippen molar-refractivity contribution in [2.24, 2.45) is 0 Å². The minimum Gasteiger partial charge on any atom is -0.507 e. The molecule has 1 saturated heterocycles. The van der Waals surface area contributed by atoms with E-state index >= 15 is 0 Å². The highest BCUT2D eigenvalue weighted by Crippen LogP contribution is 2.41. The number of carbonyl (C=O) groups is 2. The molecular weight excluding hydrogens is 500 g/mol. The molecule has 9 nitrogen and oxygen atoms in total. The van der Waals surface area contributed by atoms with E-state index < -0.39 is 22.7 Å². The molecule has 1 amide bonds. The number of aryl methyl sites for hydroxylation is 1. The topological polar surface area (TPSA) is 123 Å². The number of Topliss-reactive ketones (excluding diaryl/α,β-unsaturated/α-hetero) is 1. The molecule has 39 heavy (non-hydrogen) atoms. The SMILES string of the molecule is Cc1ccccc1COc1ccc(C(O)=C2C(=O)C(=O)N(Cc3ccco3)C2c2ccc([N+](=O)[O-])cc2)cc1. The summed E-state index contributed by atoms with van der Waals surface area (Å²) in [5.74, 6) is -1.01. The van der Waals surface area contributed by atoms with Gasteiger partial charge in [0.2, 0.25) is 0 Å². The lowest BCUT2D eigenvalue weighted by Gasteiger charge is -2.24. The Labute approximate surface area is 223 Å². The summed E-state index contributed by atoms with van der Waals surface area (Å²) in [5, 5.41) is 22.4. The number of non-ortho nitro benzene ring substituents is 1. The van der Waals surface area contributed by atoms with Gasteiger partial charge in [-0.1, -0.05) is 24.3 Å². The number of aliphatic hydroxyl groups excluding tert-OH is 1. The number of benzene rings is 3. The Balaban J connectivity index is 1.48. The van der Waals surface area contributed by atoms with Crippen molar-refractivity contribution in [1.29, 1.82) is 0 Å². The first-order chi connectivity index (χ1) is 18.8. The highest BCUT2D eigenvalue weighted by atomic mass is 16.6. The number of nitrogens with zero attached hydrogens (tertiary/aromatic N) is 2. The minimum absolute atomic E-state index is 0.0261. The number of ketones is 1. The smallest absolute Gasteiger partial charge is 0.296 e. The van der Waals surface area contributed by atoms with Crippen LogP contribution in [0.5, 0.6) is 5.75 Å². The quantitative estimate of drug-likeness (QED) is 0.103. The molecule has 1 fully saturated rings.